The van der Waals surface area contributed by atoms with Gasteiger partial charge in [0.15, 0.2) is 0 Å². The lowest BCUT2D eigenvalue weighted by Gasteiger charge is -2.23. The second-order valence-corrected chi connectivity index (χ2v) is 6.93. The first-order valence-electron chi connectivity index (χ1n) is 8.99. The van der Waals surface area contributed by atoms with E-state index in [-0.39, 0.29) is 24.1 Å². The van der Waals surface area contributed by atoms with E-state index < -0.39 is 11.6 Å². The largest absolute Gasteiger partial charge is 0.474 e. The normalized spacial score (nSPS) is 17.5. The Morgan fingerprint density at radius 3 is 2.77 bits per heavy atom. The number of halogens is 2. The maximum atomic E-state index is 13.9. The van der Waals surface area contributed by atoms with Gasteiger partial charge in [-0.05, 0) is 55.5 Å². The van der Waals surface area contributed by atoms with Gasteiger partial charge in [0, 0.05) is 24.8 Å². The van der Waals surface area contributed by atoms with Gasteiger partial charge in [-0.1, -0.05) is 6.42 Å². The van der Waals surface area contributed by atoms with Crippen LogP contribution in [0.2, 0.25) is 0 Å². The summed E-state index contributed by atoms with van der Waals surface area (Å²) in [5.74, 6) is -0.926. The molecule has 0 unspecified atom stereocenters. The Labute approximate surface area is 150 Å². The molecule has 4 rings (SSSR count). The first kappa shape index (κ1) is 16.9. The molecule has 26 heavy (non-hydrogen) atoms. The summed E-state index contributed by atoms with van der Waals surface area (Å²) in [6, 6.07) is 5.06. The number of hydrogen-bond donors (Lipinski definition) is 0. The van der Waals surface area contributed by atoms with Gasteiger partial charge in [0.25, 0.3) is 5.91 Å². The highest BCUT2D eigenvalue weighted by atomic mass is 19.1. The Kier molecular flexibility index (Phi) is 4.57. The van der Waals surface area contributed by atoms with Gasteiger partial charge in [0.05, 0.1) is 0 Å². The van der Waals surface area contributed by atoms with Crippen LogP contribution in [0.15, 0.2) is 30.5 Å². The summed E-state index contributed by atoms with van der Waals surface area (Å²) >= 11 is 0. The fourth-order valence-corrected chi connectivity index (χ4v) is 3.70. The van der Waals surface area contributed by atoms with Crippen molar-refractivity contribution < 1.29 is 18.3 Å². The van der Waals surface area contributed by atoms with Crippen molar-refractivity contribution in [3.63, 3.8) is 0 Å². The van der Waals surface area contributed by atoms with Crippen LogP contribution in [-0.2, 0) is 13.1 Å². The average molecular weight is 358 g/mol. The van der Waals surface area contributed by atoms with Crippen molar-refractivity contribution in [2.45, 2.75) is 51.3 Å². The molecule has 0 atom stereocenters. The zero-order valence-corrected chi connectivity index (χ0v) is 14.4. The smallest absolute Gasteiger partial charge is 0.260 e. The molecule has 0 saturated heterocycles. The van der Waals surface area contributed by atoms with Crippen molar-refractivity contribution in [1.82, 2.24) is 9.88 Å². The average Bonchev–Trinajstić information content (AvgIpc) is 2.96. The molecule has 1 aliphatic heterocycles. The zero-order chi connectivity index (χ0) is 18.1. The van der Waals surface area contributed by atoms with Crippen molar-refractivity contribution in [1.29, 1.82) is 0 Å². The number of hydrogen-bond acceptors (Lipinski definition) is 3. The molecule has 1 saturated carbocycles. The monoisotopic (exact) mass is 358 g/mol. The standard InChI is InChI=1S/C20H20F2N2O2/c21-15-6-7-17(22)14(10-15)12-24-11-13-8-9-23-19(18(13)20(24)25)26-16-4-2-1-3-5-16/h6-10,16H,1-5,11-12H2. The van der Waals surface area contributed by atoms with Gasteiger partial charge in [-0.25, -0.2) is 13.8 Å². The third-order valence-corrected chi connectivity index (χ3v) is 5.06. The van der Waals surface area contributed by atoms with Crippen LogP contribution >= 0.6 is 0 Å². The highest BCUT2D eigenvalue weighted by Crippen LogP contribution is 2.32. The number of fused-ring (bicyclic) bond motifs is 1. The summed E-state index contributed by atoms with van der Waals surface area (Å²) in [4.78, 5) is 18.6. The Hall–Kier alpha value is -2.50. The Bertz CT molecular complexity index is 835. The first-order chi connectivity index (χ1) is 12.6. The highest BCUT2D eigenvalue weighted by molar-refractivity contribution is 6.00. The molecule has 0 radical (unpaired) electrons. The number of carbonyl (C=O) groups excluding carboxylic acids is 1. The number of pyridine rings is 1. The minimum Gasteiger partial charge on any atom is -0.474 e. The molecule has 2 aliphatic rings. The number of rotatable bonds is 4. The molecule has 6 heteroatoms. The van der Waals surface area contributed by atoms with E-state index in [1.165, 1.54) is 11.3 Å². The maximum Gasteiger partial charge on any atom is 0.260 e. The van der Waals surface area contributed by atoms with Crippen molar-refractivity contribution in [3.05, 3.63) is 58.8 Å². The van der Waals surface area contributed by atoms with E-state index >= 15 is 0 Å². The van der Waals surface area contributed by atoms with E-state index in [2.05, 4.69) is 4.98 Å². The number of aromatic nitrogens is 1. The summed E-state index contributed by atoms with van der Waals surface area (Å²) in [5, 5.41) is 0. The van der Waals surface area contributed by atoms with Crippen LogP contribution in [0.25, 0.3) is 0 Å². The SMILES string of the molecule is O=C1c2c(ccnc2OC2CCCCC2)CN1Cc1cc(F)ccc1F. The third-order valence-electron chi connectivity index (χ3n) is 5.06. The summed E-state index contributed by atoms with van der Waals surface area (Å²) < 4.78 is 33.3. The van der Waals surface area contributed by atoms with Gasteiger partial charge >= 0.3 is 0 Å². The van der Waals surface area contributed by atoms with Crippen molar-refractivity contribution in [2.24, 2.45) is 0 Å². The molecule has 0 spiro atoms. The minimum atomic E-state index is -0.521. The van der Waals surface area contributed by atoms with E-state index in [0.717, 1.165) is 49.4 Å². The number of ether oxygens (including phenoxy) is 1. The van der Waals surface area contributed by atoms with Gasteiger partial charge < -0.3 is 9.64 Å². The number of carbonyl (C=O) groups is 1. The molecule has 0 N–H and O–H groups in total. The topological polar surface area (TPSA) is 42.4 Å². The third kappa shape index (κ3) is 3.28. The fraction of sp³-hybridized carbons (Fsp3) is 0.400. The number of benzene rings is 1. The number of amides is 1. The molecule has 0 bridgehead atoms. The molecule has 2 heterocycles. The molecule has 1 fully saturated rings. The summed E-state index contributed by atoms with van der Waals surface area (Å²) in [6.45, 7) is 0.355. The minimum absolute atomic E-state index is 0.0139. The molecule has 4 nitrogen and oxygen atoms in total. The summed E-state index contributed by atoms with van der Waals surface area (Å²) in [6.07, 6.45) is 7.13. The van der Waals surface area contributed by atoms with Gasteiger partial charge in [-0.3, -0.25) is 4.79 Å². The van der Waals surface area contributed by atoms with Crippen LogP contribution in [0.4, 0.5) is 8.78 Å². The first-order valence-corrected chi connectivity index (χ1v) is 8.99. The van der Waals surface area contributed by atoms with Crippen LogP contribution in [0, 0.1) is 11.6 Å². The lowest BCUT2D eigenvalue weighted by Crippen LogP contribution is -2.25. The predicted octanol–water partition coefficient (Wildman–Crippen LogP) is 4.23. The molecule has 1 amide bonds. The predicted molar refractivity (Wildman–Crippen MR) is 91.7 cm³/mol. The van der Waals surface area contributed by atoms with Crippen molar-refractivity contribution >= 4 is 5.91 Å². The van der Waals surface area contributed by atoms with Crippen molar-refractivity contribution in [3.8, 4) is 5.88 Å². The highest BCUT2D eigenvalue weighted by Gasteiger charge is 2.33. The van der Waals surface area contributed by atoms with E-state index in [1.807, 2.05) is 0 Å². The second-order valence-electron chi connectivity index (χ2n) is 6.93. The zero-order valence-electron chi connectivity index (χ0n) is 14.4. The van der Waals surface area contributed by atoms with E-state index in [1.54, 1.807) is 12.3 Å². The molecular formula is C20H20F2N2O2. The Balaban J connectivity index is 1.55. The van der Waals surface area contributed by atoms with Crippen LogP contribution < -0.4 is 4.74 Å². The van der Waals surface area contributed by atoms with Crippen molar-refractivity contribution in [2.75, 3.05) is 0 Å². The maximum absolute atomic E-state index is 13.9. The quantitative estimate of drug-likeness (QED) is 0.821. The van der Waals surface area contributed by atoms with Crippen LogP contribution in [-0.4, -0.2) is 21.9 Å². The van der Waals surface area contributed by atoms with Gasteiger partial charge in [-0.2, -0.15) is 0 Å². The molecular weight excluding hydrogens is 338 g/mol. The van der Waals surface area contributed by atoms with E-state index in [9.17, 15) is 13.6 Å². The lowest BCUT2D eigenvalue weighted by atomic mass is 9.98. The molecule has 1 aromatic carbocycles. The number of nitrogens with zero attached hydrogens (tertiary/aromatic N) is 2. The Morgan fingerprint density at radius 2 is 1.96 bits per heavy atom. The molecule has 136 valence electrons. The van der Waals surface area contributed by atoms with E-state index in [0.29, 0.717) is 18.0 Å². The lowest BCUT2D eigenvalue weighted by molar-refractivity contribution is 0.0755. The second kappa shape index (κ2) is 7.02. The van der Waals surface area contributed by atoms with Crippen LogP contribution in [0.3, 0.4) is 0 Å². The summed E-state index contributed by atoms with van der Waals surface area (Å²) in [7, 11) is 0. The fourth-order valence-electron chi connectivity index (χ4n) is 3.70. The Morgan fingerprint density at radius 1 is 1.15 bits per heavy atom. The van der Waals surface area contributed by atoms with Gasteiger partial charge in [-0.15, -0.1) is 0 Å². The molecule has 1 aliphatic carbocycles. The van der Waals surface area contributed by atoms with Gasteiger partial charge in [0.2, 0.25) is 5.88 Å². The summed E-state index contributed by atoms with van der Waals surface area (Å²) in [5.41, 5.74) is 1.43. The van der Waals surface area contributed by atoms with Crippen LogP contribution in [0.1, 0.15) is 53.6 Å². The van der Waals surface area contributed by atoms with Crippen LogP contribution in [0.5, 0.6) is 5.88 Å². The molecule has 2 aromatic rings. The van der Waals surface area contributed by atoms with E-state index in [4.69, 9.17) is 4.74 Å². The van der Waals surface area contributed by atoms with Gasteiger partial charge in [0.1, 0.15) is 23.3 Å². The molecule has 1 aromatic heterocycles.